The summed E-state index contributed by atoms with van der Waals surface area (Å²) in [4.78, 5) is 0. The molecule has 0 aliphatic heterocycles. The molecule has 0 saturated heterocycles. The van der Waals surface area contributed by atoms with Crippen molar-refractivity contribution in [3.63, 3.8) is 0 Å². The average molecular weight is 241 g/mol. The van der Waals surface area contributed by atoms with E-state index in [2.05, 4.69) is 39.9 Å². The van der Waals surface area contributed by atoms with E-state index in [0.717, 1.165) is 17.9 Å². The first kappa shape index (κ1) is 17.0. The summed E-state index contributed by atoms with van der Waals surface area (Å²) in [5.74, 6) is 1.70. The van der Waals surface area contributed by atoms with Gasteiger partial charge in [0.05, 0.1) is 0 Å². The second-order valence-corrected chi connectivity index (χ2v) is 6.00. The first-order chi connectivity index (χ1) is 8.11. The smallest absolute Gasteiger partial charge is 0.00926 e. The summed E-state index contributed by atoms with van der Waals surface area (Å²) < 4.78 is 0. The topological polar surface area (TPSA) is 12.0 Å². The lowest BCUT2D eigenvalue weighted by atomic mass is 9.91. The lowest BCUT2D eigenvalue weighted by Crippen LogP contribution is -2.35. The van der Waals surface area contributed by atoms with E-state index in [-0.39, 0.29) is 0 Å². The lowest BCUT2D eigenvalue weighted by molar-refractivity contribution is 0.319. The second-order valence-electron chi connectivity index (χ2n) is 6.00. The standard InChI is InChI=1S/C16H35N/c1-6-8-11-15(5)16(17-13-7-2)12-9-10-14(3)4/h14-17H,6-13H2,1-5H3. The lowest BCUT2D eigenvalue weighted by Gasteiger charge is -2.25. The van der Waals surface area contributed by atoms with Gasteiger partial charge in [-0.15, -0.1) is 0 Å². The van der Waals surface area contributed by atoms with Crippen LogP contribution in [0.4, 0.5) is 0 Å². The van der Waals surface area contributed by atoms with E-state index in [4.69, 9.17) is 0 Å². The first-order valence-corrected chi connectivity index (χ1v) is 7.85. The Balaban J connectivity index is 3.93. The summed E-state index contributed by atoms with van der Waals surface area (Å²) in [7, 11) is 0. The molecule has 1 N–H and O–H groups in total. The maximum Gasteiger partial charge on any atom is 0.00926 e. The number of nitrogens with one attached hydrogen (secondary N) is 1. The average Bonchev–Trinajstić information content (AvgIpc) is 2.30. The van der Waals surface area contributed by atoms with Gasteiger partial charge in [0.2, 0.25) is 0 Å². The first-order valence-electron chi connectivity index (χ1n) is 7.85. The normalized spacial score (nSPS) is 15.2. The van der Waals surface area contributed by atoms with Gasteiger partial charge in [-0.05, 0) is 37.6 Å². The van der Waals surface area contributed by atoms with Crippen LogP contribution < -0.4 is 5.32 Å². The molecule has 0 rings (SSSR count). The third-order valence-corrected chi connectivity index (χ3v) is 3.65. The van der Waals surface area contributed by atoms with Crippen molar-refractivity contribution < 1.29 is 0 Å². The van der Waals surface area contributed by atoms with Crippen LogP contribution in [0.3, 0.4) is 0 Å². The van der Waals surface area contributed by atoms with Crippen LogP contribution >= 0.6 is 0 Å². The van der Waals surface area contributed by atoms with Gasteiger partial charge in [0.25, 0.3) is 0 Å². The van der Waals surface area contributed by atoms with Crippen LogP contribution in [-0.4, -0.2) is 12.6 Å². The molecule has 0 aromatic heterocycles. The maximum absolute atomic E-state index is 3.75. The Kier molecular flexibility index (Phi) is 11.0. The van der Waals surface area contributed by atoms with Crippen molar-refractivity contribution in [2.75, 3.05) is 6.54 Å². The Hall–Kier alpha value is -0.0400. The van der Waals surface area contributed by atoms with Gasteiger partial charge < -0.3 is 5.32 Å². The van der Waals surface area contributed by atoms with E-state index in [9.17, 15) is 0 Å². The monoisotopic (exact) mass is 241 g/mol. The molecule has 0 heterocycles. The molecular weight excluding hydrogens is 206 g/mol. The molecule has 0 aromatic carbocycles. The molecule has 0 amide bonds. The van der Waals surface area contributed by atoms with Gasteiger partial charge in [0.15, 0.2) is 0 Å². The van der Waals surface area contributed by atoms with Gasteiger partial charge >= 0.3 is 0 Å². The van der Waals surface area contributed by atoms with Crippen molar-refractivity contribution in [3.05, 3.63) is 0 Å². The van der Waals surface area contributed by atoms with E-state index in [1.165, 1.54) is 51.5 Å². The van der Waals surface area contributed by atoms with Gasteiger partial charge in [0, 0.05) is 6.04 Å². The molecule has 17 heavy (non-hydrogen) atoms. The summed E-state index contributed by atoms with van der Waals surface area (Å²) in [5.41, 5.74) is 0. The van der Waals surface area contributed by atoms with E-state index in [1.807, 2.05) is 0 Å². The minimum atomic E-state index is 0.750. The molecule has 0 fully saturated rings. The van der Waals surface area contributed by atoms with Crippen LogP contribution in [0.15, 0.2) is 0 Å². The minimum absolute atomic E-state index is 0.750. The van der Waals surface area contributed by atoms with Crippen molar-refractivity contribution >= 4 is 0 Å². The fraction of sp³-hybridized carbons (Fsp3) is 1.00. The summed E-state index contributed by atoms with van der Waals surface area (Å²) in [5, 5.41) is 3.75. The predicted octanol–water partition coefficient (Wildman–Crippen LogP) is 5.01. The van der Waals surface area contributed by atoms with Crippen molar-refractivity contribution in [1.82, 2.24) is 5.32 Å². The Labute approximate surface area is 110 Å². The quantitative estimate of drug-likeness (QED) is 0.536. The molecule has 2 unspecified atom stereocenters. The van der Waals surface area contributed by atoms with E-state index < -0.39 is 0 Å². The third-order valence-electron chi connectivity index (χ3n) is 3.65. The molecule has 1 nitrogen and oxygen atoms in total. The zero-order valence-corrected chi connectivity index (χ0v) is 12.9. The van der Waals surface area contributed by atoms with Crippen LogP contribution in [0.2, 0.25) is 0 Å². The molecule has 0 saturated carbocycles. The van der Waals surface area contributed by atoms with Crippen LogP contribution in [-0.2, 0) is 0 Å². The molecule has 0 bridgehead atoms. The SMILES string of the molecule is CCCCC(C)C(CCCC(C)C)NCCC. The van der Waals surface area contributed by atoms with Crippen LogP contribution in [0.1, 0.15) is 79.6 Å². The Morgan fingerprint density at radius 3 is 2.06 bits per heavy atom. The maximum atomic E-state index is 3.75. The van der Waals surface area contributed by atoms with Gasteiger partial charge in [-0.1, -0.05) is 60.3 Å². The Bertz CT molecular complexity index is 154. The summed E-state index contributed by atoms with van der Waals surface area (Å²) in [6.07, 6.45) is 9.48. The number of hydrogen-bond acceptors (Lipinski definition) is 1. The zero-order chi connectivity index (χ0) is 13.1. The van der Waals surface area contributed by atoms with E-state index in [1.54, 1.807) is 0 Å². The molecule has 0 radical (unpaired) electrons. The molecule has 0 aliphatic carbocycles. The van der Waals surface area contributed by atoms with Crippen molar-refractivity contribution in [2.24, 2.45) is 11.8 Å². The fourth-order valence-electron chi connectivity index (χ4n) is 2.39. The summed E-state index contributed by atoms with van der Waals surface area (Å²) in [6, 6.07) is 0.750. The summed E-state index contributed by atoms with van der Waals surface area (Å²) in [6.45, 7) is 12.8. The highest BCUT2D eigenvalue weighted by Gasteiger charge is 2.15. The molecule has 0 spiro atoms. The number of unbranched alkanes of at least 4 members (excludes halogenated alkanes) is 1. The Morgan fingerprint density at radius 2 is 1.53 bits per heavy atom. The van der Waals surface area contributed by atoms with Gasteiger partial charge in [-0.2, -0.15) is 0 Å². The highest BCUT2D eigenvalue weighted by atomic mass is 14.9. The molecule has 0 aromatic rings. The van der Waals surface area contributed by atoms with Crippen molar-refractivity contribution in [3.8, 4) is 0 Å². The van der Waals surface area contributed by atoms with Crippen molar-refractivity contribution in [2.45, 2.75) is 85.6 Å². The molecule has 2 atom stereocenters. The minimum Gasteiger partial charge on any atom is -0.314 e. The highest BCUT2D eigenvalue weighted by molar-refractivity contribution is 4.73. The van der Waals surface area contributed by atoms with Crippen molar-refractivity contribution in [1.29, 1.82) is 0 Å². The molecule has 0 aliphatic rings. The molecule has 104 valence electrons. The second kappa shape index (κ2) is 11.1. The van der Waals surface area contributed by atoms with E-state index in [0.29, 0.717) is 0 Å². The van der Waals surface area contributed by atoms with Gasteiger partial charge in [-0.3, -0.25) is 0 Å². The largest absolute Gasteiger partial charge is 0.314 e. The fourth-order valence-corrected chi connectivity index (χ4v) is 2.39. The zero-order valence-electron chi connectivity index (χ0n) is 12.9. The number of hydrogen-bond donors (Lipinski definition) is 1. The number of rotatable bonds is 11. The highest BCUT2D eigenvalue weighted by Crippen LogP contribution is 2.18. The van der Waals surface area contributed by atoms with Crippen LogP contribution in [0.5, 0.6) is 0 Å². The van der Waals surface area contributed by atoms with Crippen LogP contribution in [0.25, 0.3) is 0 Å². The van der Waals surface area contributed by atoms with Gasteiger partial charge in [-0.25, -0.2) is 0 Å². The van der Waals surface area contributed by atoms with E-state index >= 15 is 0 Å². The molecule has 1 heteroatoms. The van der Waals surface area contributed by atoms with Crippen LogP contribution in [0, 0.1) is 11.8 Å². The summed E-state index contributed by atoms with van der Waals surface area (Å²) >= 11 is 0. The van der Waals surface area contributed by atoms with Gasteiger partial charge in [0.1, 0.15) is 0 Å². The predicted molar refractivity (Wildman–Crippen MR) is 79.5 cm³/mol. The molecular formula is C16H35N. The Morgan fingerprint density at radius 1 is 0.824 bits per heavy atom. The third kappa shape index (κ3) is 9.64.